The molecular formula is C12H23N3O3. The third-order valence-corrected chi connectivity index (χ3v) is 3.02. The number of morpholine rings is 1. The molecule has 2 atom stereocenters. The van der Waals surface area contributed by atoms with Crippen LogP contribution in [-0.4, -0.2) is 55.1 Å². The van der Waals surface area contributed by atoms with Gasteiger partial charge in [-0.15, -0.1) is 0 Å². The molecule has 18 heavy (non-hydrogen) atoms. The molecule has 1 unspecified atom stereocenters. The SMILES string of the molecule is CCCNC(=O)C1COCCN1C(=O)[C@@H](N)CC. The van der Waals surface area contributed by atoms with Gasteiger partial charge in [0.25, 0.3) is 0 Å². The van der Waals surface area contributed by atoms with Crippen LogP contribution in [0.2, 0.25) is 0 Å². The molecule has 0 aromatic carbocycles. The monoisotopic (exact) mass is 257 g/mol. The van der Waals surface area contributed by atoms with Crippen LogP contribution in [0.4, 0.5) is 0 Å². The molecule has 3 N–H and O–H groups in total. The van der Waals surface area contributed by atoms with Crippen molar-refractivity contribution in [3.8, 4) is 0 Å². The van der Waals surface area contributed by atoms with Crippen LogP contribution < -0.4 is 11.1 Å². The van der Waals surface area contributed by atoms with Crippen molar-refractivity contribution < 1.29 is 14.3 Å². The molecule has 1 aliphatic rings. The maximum Gasteiger partial charge on any atom is 0.245 e. The van der Waals surface area contributed by atoms with Crippen LogP contribution in [0.25, 0.3) is 0 Å². The lowest BCUT2D eigenvalue weighted by atomic mass is 10.1. The highest BCUT2D eigenvalue weighted by Gasteiger charge is 2.34. The Morgan fingerprint density at radius 1 is 1.50 bits per heavy atom. The zero-order valence-corrected chi connectivity index (χ0v) is 11.1. The molecule has 0 spiro atoms. The van der Waals surface area contributed by atoms with Crippen LogP contribution >= 0.6 is 0 Å². The first-order chi connectivity index (χ1) is 8.61. The zero-order valence-electron chi connectivity index (χ0n) is 11.1. The quantitative estimate of drug-likeness (QED) is 0.694. The first-order valence-electron chi connectivity index (χ1n) is 6.53. The van der Waals surface area contributed by atoms with Crippen molar-refractivity contribution in [1.82, 2.24) is 10.2 Å². The maximum atomic E-state index is 12.1. The predicted molar refractivity (Wildman–Crippen MR) is 67.9 cm³/mol. The summed E-state index contributed by atoms with van der Waals surface area (Å²) in [5.41, 5.74) is 5.75. The summed E-state index contributed by atoms with van der Waals surface area (Å²) in [5, 5.41) is 2.79. The second kappa shape index (κ2) is 7.33. The predicted octanol–water partition coefficient (Wildman–Crippen LogP) is -0.523. The number of hydrogen-bond donors (Lipinski definition) is 2. The Bertz CT molecular complexity index is 296. The van der Waals surface area contributed by atoms with Gasteiger partial charge in [0.15, 0.2) is 0 Å². The van der Waals surface area contributed by atoms with Crippen molar-refractivity contribution in [3.63, 3.8) is 0 Å². The zero-order chi connectivity index (χ0) is 13.5. The molecule has 1 rings (SSSR count). The second-order valence-corrected chi connectivity index (χ2v) is 4.43. The van der Waals surface area contributed by atoms with Crippen molar-refractivity contribution in [2.45, 2.75) is 38.8 Å². The van der Waals surface area contributed by atoms with Gasteiger partial charge in [0.1, 0.15) is 6.04 Å². The van der Waals surface area contributed by atoms with Crippen LogP contribution in [0.1, 0.15) is 26.7 Å². The minimum absolute atomic E-state index is 0.159. The Labute approximate surface area is 108 Å². The number of carbonyl (C=O) groups is 2. The third-order valence-electron chi connectivity index (χ3n) is 3.02. The van der Waals surface area contributed by atoms with E-state index in [9.17, 15) is 9.59 Å². The van der Waals surface area contributed by atoms with Gasteiger partial charge >= 0.3 is 0 Å². The highest BCUT2D eigenvalue weighted by molar-refractivity contribution is 5.90. The summed E-state index contributed by atoms with van der Waals surface area (Å²) in [5.74, 6) is -0.328. The van der Waals surface area contributed by atoms with Crippen molar-refractivity contribution in [2.75, 3.05) is 26.3 Å². The summed E-state index contributed by atoms with van der Waals surface area (Å²) in [7, 11) is 0. The Hall–Kier alpha value is -1.14. The van der Waals surface area contributed by atoms with Gasteiger partial charge in [-0.2, -0.15) is 0 Å². The largest absolute Gasteiger partial charge is 0.377 e. The molecule has 1 fully saturated rings. The lowest BCUT2D eigenvalue weighted by Crippen LogP contribution is -2.59. The van der Waals surface area contributed by atoms with Crippen LogP contribution in [0, 0.1) is 0 Å². The van der Waals surface area contributed by atoms with Crippen LogP contribution in [-0.2, 0) is 14.3 Å². The van der Waals surface area contributed by atoms with E-state index in [1.54, 1.807) is 4.90 Å². The number of carbonyl (C=O) groups excluding carboxylic acids is 2. The Kier molecular flexibility index (Phi) is 6.07. The summed E-state index contributed by atoms with van der Waals surface area (Å²) >= 11 is 0. The summed E-state index contributed by atoms with van der Waals surface area (Å²) in [6.07, 6.45) is 1.43. The van der Waals surface area contributed by atoms with E-state index in [0.717, 1.165) is 6.42 Å². The number of nitrogens with two attached hydrogens (primary N) is 1. The minimum Gasteiger partial charge on any atom is -0.377 e. The van der Waals surface area contributed by atoms with Gasteiger partial charge in [-0.1, -0.05) is 13.8 Å². The average molecular weight is 257 g/mol. The first-order valence-corrected chi connectivity index (χ1v) is 6.53. The van der Waals surface area contributed by atoms with Crippen molar-refractivity contribution in [3.05, 3.63) is 0 Å². The lowest BCUT2D eigenvalue weighted by molar-refractivity contribution is -0.149. The van der Waals surface area contributed by atoms with Gasteiger partial charge in [-0.05, 0) is 12.8 Å². The number of amides is 2. The van der Waals surface area contributed by atoms with E-state index in [-0.39, 0.29) is 18.4 Å². The molecule has 0 aromatic heterocycles. The molecule has 0 aliphatic carbocycles. The third kappa shape index (κ3) is 3.68. The smallest absolute Gasteiger partial charge is 0.245 e. The summed E-state index contributed by atoms with van der Waals surface area (Å²) in [4.78, 5) is 25.6. The molecule has 0 aromatic rings. The number of nitrogens with zero attached hydrogens (tertiary/aromatic N) is 1. The number of hydrogen-bond acceptors (Lipinski definition) is 4. The number of rotatable bonds is 5. The minimum atomic E-state index is -0.546. The highest BCUT2D eigenvalue weighted by Crippen LogP contribution is 2.10. The van der Waals surface area contributed by atoms with Gasteiger partial charge in [-0.25, -0.2) is 0 Å². The van der Waals surface area contributed by atoms with E-state index in [1.807, 2.05) is 13.8 Å². The molecule has 104 valence electrons. The van der Waals surface area contributed by atoms with Gasteiger partial charge in [0, 0.05) is 13.1 Å². The summed E-state index contributed by atoms with van der Waals surface area (Å²) in [6, 6.07) is -1.08. The van der Waals surface area contributed by atoms with Crippen molar-refractivity contribution in [2.24, 2.45) is 5.73 Å². The van der Waals surface area contributed by atoms with E-state index in [4.69, 9.17) is 10.5 Å². The fraction of sp³-hybridized carbons (Fsp3) is 0.833. The van der Waals surface area contributed by atoms with Crippen molar-refractivity contribution in [1.29, 1.82) is 0 Å². The van der Waals surface area contributed by atoms with Crippen molar-refractivity contribution >= 4 is 11.8 Å². The first kappa shape index (κ1) is 14.9. The van der Waals surface area contributed by atoms with E-state index >= 15 is 0 Å². The van der Waals surface area contributed by atoms with E-state index in [2.05, 4.69) is 5.32 Å². The molecule has 1 heterocycles. The maximum absolute atomic E-state index is 12.1. The number of nitrogens with one attached hydrogen (secondary N) is 1. The summed E-state index contributed by atoms with van der Waals surface area (Å²) in [6.45, 7) is 5.58. The Balaban J connectivity index is 2.67. The molecule has 6 heteroatoms. The topological polar surface area (TPSA) is 84.7 Å². The average Bonchev–Trinajstić information content (AvgIpc) is 2.43. The molecule has 6 nitrogen and oxygen atoms in total. The molecule has 0 radical (unpaired) electrons. The molecule has 0 bridgehead atoms. The van der Waals surface area contributed by atoms with Gasteiger partial charge in [-0.3, -0.25) is 9.59 Å². The van der Waals surface area contributed by atoms with Gasteiger partial charge in [0.05, 0.1) is 19.3 Å². The van der Waals surface area contributed by atoms with Crippen LogP contribution in [0.3, 0.4) is 0 Å². The highest BCUT2D eigenvalue weighted by atomic mass is 16.5. The Morgan fingerprint density at radius 2 is 2.22 bits per heavy atom. The molecule has 1 saturated heterocycles. The van der Waals surface area contributed by atoms with E-state index < -0.39 is 12.1 Å². The number of ether oxygens (including phenoxy) is 1. The van der Waals surface area contributed by atoms with Crippen LogP contribution in [0.5, 0.6) is 0 Å². The van der Waals surface area contributed by atoms with E-state index in [0.29, 0.717) is 26.1 Å². The second-order valence-electron chi connectivity index (χ2n) is 4.43. The normalized spacial score (nSPS) is 21.5. The molecule has 2 amide bonds. The van der Waals surface area contributed by atoms with Crippen LogP contribution in [0.15, 0.2) is 0 Å². The van der Waals surface area contributed by atoms with Gasteiger partial charge in [0.2, 0.25) is 11.8 Å². The standard InChI is InChI=1S/C12H23N3O3/c1-3-5-14-11(16)10-8-18-7-6-15(10)12(17)9(13)4-2/h9-10H,3-8,13H2,1-2H3,(H,14,16)/t9-,10?/m0/s1. The fourth-order valence-corrected chi connectivity index (χ4v) is 1.84. The molecule has 1 aliphatic heterocycles. The van der Waals surface area contributed by atoms with Gasteiger partial charge < -0.3 is 20.7 Å². The molecule has 0 saturated carbocycles. The Morgan fingerprint density at radius 3 is 2.83 bits per heavy atom. The fourth-order valence-electron chi connectivity index (χ4n) is 1.84. The molecular weight excluding hydrogens is 234 g/mol. The lowest BCUT2D eigenvalue weighted by Gasteiger charge is -2.35. The summed E-state index contributed by atoms with van der Waals surface area (Å²) < 4.78 is 5.28. The van der Waals surface area contributed by atoms with E-state index in [1.165, 1.54) is 0 Å².